The highest BCUT2D eigenvalue weighted by molar-refractivity contribution is 5.80. The van der Waals surface area contributed by atoms with E-state index in [4.69, 9.17) is 14.7 Å². The fourth-order valence-corrected chi connectivity index (χ4v) is 1.41. The molecular weight excluding hydrogens is 246 g/mol. The molecule has 6 heteroatoms. The van der Waals surface area contributed by atoms with Gasteiger partial charge in [0.25, 0.3) is 0 Å². The highest BCUT2D eigenvalue weighted by atomic mass is 16.5. The van der Waals surface area contributed by atoms with Gasteiger partial charge < -0.3 is 20.1 Å². The van der Waals surface area contributed by atoms with Gasteiger partial charge in [0.2, 0.25) is 5.91 Å². The number of hydrogen-bond acceptors (Lipinski definition) is 5. The third-order valence-corrected chi connectivity index (χ3v) is 2.36. The van der Waals surface area contributed by atoms with Crippen LogP contribution < -0.4 is 20.1 Å². The first-order valence-electron chi connectivity index (χ1n) is 5.80. The molecule has 0 unspecified atom stereocenters. The Morgan fingerprint density at radius 2 is 1.89 bits per heavy atom. The molecule has 0 aliphatic rings. The van der Waals surface area contributed by atoms with Gasteiger partial charge in [-0.3, -0.25) is 4.79 Å². The Morgan fingerprint density at radius 3 is 2.42 bits per heavy atom. The minimum absolute atomic E-state index is 0.127. The standard InChI is InChI=1S/C13H17N3O3/c1-18-11-6-10(7-12(8-11)19-2)16-9-13(17)15-5-3-4-14/h6-8,16H,3,5,9H2,1-2H3,(H,15,17). The molecule has 0 fully saturated rings. The number of nitrogens with zero attached hydrogens (tertiary/aromatic N) is 1. The highest BCUT2D eigenvalue weighted by Crippen LogP contribution is 2.25. The molecule has 0 aliphatic heterocycles. The topological polar surface area (TPSA) is 83.4 Å². The second-order valence-corrected chi connectivity index (χ2v) is 3.71. The average Bonchev–Trinajstić information content (AvgIpc) is 2.45. The smallest absolute Gasteiger partial charge is 0.239 e. The van der Waals surface area contributed by atoms with Crippen molar-refractivity contribution in [2.45, 2.75) is 6.42 Å². The number of carbonyl (C=O) groups is 1. The zero-order valence-corrected chi connectivity index (χ0v) is 11.0. The second-order valence-electron chi connectivity index (χ2n) is 3.71. The van der Waals surface area contributed by atoms with E-state index < -0.39 is 0 Å². The number of methoxy groups -OCH3 is 2. The van der Waals surface area contributed by atoms with E-state index in [-0.39, 0.29) is 12.5 Å². The predicted molar refractivity (Wildman–Crippen MR) is 71.3 cm³/mol. The van der Waals surface area contributed by atoms with Crippen LogP contribution in [0.5, 0.6) is 11.5 Å². The zero-order valence-electron chi connectivity index (χ0n) is 11.0. The maximum atomic E-state index is 11.5. The summed E-state index contributed by atoms with van der Waals surface area (Å²) in [6, 6.07) is 7.24. The molecule has 2 N–H and O–H groups in total. The summed E-state index contributed by atoms with van der Waals surface area (Å²) in [5, 5.41) is 13.9. The fourth-order valence-electron chi connectivity index (χ4n) is 1.41. The first-order valence-corrected chi connectivity index (χ1v) is 5.80. The SMILES string of the molecule is COc1cc(NCC(=O)NCCC#N)cc(OC)c1. The Labute approximate surface area is 112 Å². The summed E-state index contributed by atoms with van der Waals surface area (Å²) in [5.74, 6) is 1.12. The Bertz CT molecular complexity index is 446. The summed E-state index contributed by atoms with van der Waals surface area (Å²) in [7, 11) is 3.13. The van der Waals surface area contributed by atoms with E-state index in [1.165, 1.54) is 0 Å². The van der Waals surface area contributed by atoms with E-state index in [1.807, 2.05) is 6.07 Å². The minimum atomic E-state index is -0.169. The number of ether oxygens (including phenoxy) is 2. The van der Waals surface area contributed by atoms with Crippen LogP contribution in [0.1, 0.15) is 6.42 Å². The van der Waals surface area contributed by atoms with Crippen molar-refractivity contribution in [2.75, 3.05) is 32.6 Å². The van der Waals surface area contributed by atoms with E-state index in [2.05, 4.69) is 10.6 Å². The van der Waals surface area contributed by atoms with Crippen LogP contribution in [0.2, 0.25) is 0 Å². The predicted octanol–water partition coefficient (Wildman–Crippen LogP) is 1.15. The van der Waals surface area contributed by atoms with E-state index in [1.54, 1.807) is 32.4 Å². The Balaban J connectivity index is 2.52. The molecule has 0 bridgehead atoms. The number of anilines is 1. The van der Waals surface area contributed by atoms with Crippen molar-refractivity contribution in [1.82, 2.24) is 5.32 Å². The zero-order chi connectivity index (χ0) is 14.1. The molecule has 6 nitrogen and oxygen atoms in total. The van der Waals surface area contributed by atoms with E-state index in [0.29, 0.717) is 24.5 Å². The fraction of sp³-hybridized carbons (Fsp3) is 0.385. The summed E-state index contributed by atoms with van der Waals surface area (Å²) in [4.78, 5) is 11.5. The maximum absolute atomic E-state index is 11.5. The lowest BCUT2D eigenvalue weighted by Gasteiger charge is -2.10. The van der Waals surface area contributed by atoms with Crippen LogP contribution in [0.3, 0.4) is 0 Å². The van der Waals surface area contributed by atoms with Gasteiger partial charge >= 0.3 is 0 Å². The van der Waals surface area contributed by atoms with Crippen molar-refractivity contribution in [2.24, 2.45) is 0 Å². The Morgan fingerprint density at radius 1 is 1.26 bits per heavy atom. The van der Waals surface area contributed by atoms with Crippen molar-refractivity contribution in [3.63, 3.8) is 0 Å². The largest absolute Gasteiger partial charge is 0.497 e. The van der Waals surface area contributed by atoms with Gasteiger partial charge in [0, 0.05) is 30.4 Å². The van der Waals surface area contributed by atoms with Crippen LogP contribution in [0.25, 0.3) is 0 Å². The van der Waals surface area contributed by atoms with Crippen LogP contribution in [0.4, 0.5) is 5.69 Å². The number of hydrogen-bond donors (Lipinski definition) is 2. The van der Waals surface area contributed by atoms with E-state index >= 15 is 0 Å². The normalized spacial score (nSPS) is 9.32. The van der Waals surface area contributed by atoms with Crippen molar-refractivity contribution < 1.29 is 14.3 Å². The van der Waals surface area contributed by atoms with Gasteiger partial charge in [0.15, 0.2) is 0 Å². The second kappa shape index (κ2) is 7.82. The number of benzene rings is 1. The Kier molecular flexibility index (Phi) is 6.03. The molecule has 0 heterocycles. The van der Waals surface area contributed by atoms with Gasteiger partial charge in [0.1, 0.15) is 11.5 Å². The van der Waals surface area contributed by atoms with Crippen molar-refractivity contribution in [1.29, 1.82) is 5.26 Å². The number of carbonyl (C=O) groups excluding carboxylic acids is 1. The molecule has 1 rings (SSSR count). The summed E-state index contributed by atoms with van der Waals surface area (Å²) in [5.41, 5.74) is 0.728. The molecule has 0 atom stereocenters. The summed E-state index contributed by atoms with van der Waals surface area (Å²) in [6.07, 6.45) is 0.304. The van der Waals surface area contributed by atoms with Crippen LogP contribution in [-0.2, 0) is 4.79 Å². The first kappa shape index (κ1) is 14.6. The van der Waals surface area contributed by atoms with Crippen molar-refractivity contribution >= 4 is 11.6 Å². The molecule has 102 valence electrons. The monoisotopic (exact) mass is 263 g/mol. The lowest BCUT2D eigenvalue weighted by Crippen LogP contribution is -2.30. The highest BCUT2D eigenvalue weighted by Gasteiger charge is 2.04. The lowest BCUT2D eigenvalue weighted by molar-refractivity contribution is -0.119. The Hall–Kier alpha value is -2.42. The molecule has 0 spiro atoms. The van der Waals surface area contributed by atoms with Crippen LogP contribution >= 0.6 is 0 Å². The van der Waals surface area contributed by atoms with Gasteiger partial charge in [0.05, 0.1) is 33.3 Å². The quantitative estimate of drug-likeness (QED) is 0.721. The number of amides is 1. The molecule has 0 saturated carbocycles. The summed E-state index contributed by atoms with van der Waals surface area (Å²) < 4.78 is 10.3. The minimum Gasteiger partial charge on any atom is -0.497 e. The summed E-state index contributed by atoms with van der Waals surface area (Å²) in [6.45, 7) is 0.486. The molecule has 0 saturated heterocycles. The van der Waals surface area contributed by atoms with Gasteiger partial charge in [-0.05, 0) is 0 Å². The molecule has 1 aromatic rings. The number of nitrogens with one attached hydrogen (secondary N) is 2. The van der Waals surface area contributed by atoms with E-state index in [9.17, 15) is 4.79 Å². The molecule has 1 aromatic carbocycles. The van der Waals surface area contributed by atoms with Gasteiger partial charge in [-0.25, -0.2) is 0 Å². The molecule has 0 radical (unpaired) electrons. The molecular formula is C13H17N3O3. The third kappa shape index (κ3) is 5.17. The van der Waals surface area contributed by atoms with Crippen LogP contribution in [0, 0.1) is 11.3 Å². The number of rotatable bonds is 7. The molecule has 0 aliphatic carbocycles. The average molecular weight is 263 g/mol. The molecule has 0 aromatic heterocycles. The lowest BCUT2D eigenvalue weighted by atomic mass is 10.2. The first-order chi connectivity index (χ1) is 9.19. The summed E-state index contributed by atoms with van der Waals surface area (Å²) >= 11 is 0. The van der Waals surface area contributed by atoms with Gasteiger partial charge in [-0.1, -0.05) is 0 Å². The molecule has 1 amide bonds. The van der Waals surface area contributed by atoms with Crippen LogP contribution in [0.15, 0.2) is 18.2 Å². The maximum Gasteiger partial charge on any atom is 0.239 e. The van der Waals surface area contributed by atoms with Gasteiger partial charge in [-0.15, -0.1) is 0 Å². The van der Waals surface area contributed by atoms with E-state index in [0.717, 1.165) is 5.69 Å². The van der Waals surface area contributed by atoms with Crippen LogP contribution in [-0.4, -0.2) is 33.2 Å². The van der Waals surface area contributed by atoms with Gasteiger partial charge in [-0.2, -0.15) is 5.26 Å². The third-order valence-electron chi connectivity index (χ3n) is 2.36. The van der Waals surface area contributed by atoms with Crippen molar-refractivity contribution in [3.05, 3.63) is 18.2 Å². The molecule has 19 heavy (non-hydrogen) atoms. The van der Waals surface area contributed by atoms with Crippen molar-refractivity contribution in [3.8, 4) is 17.6 Å². The number of nitriles is 1.